The Balaban J connectivity index is 1.33. The third-order valence-corrected chi connectivity index (χ3v) is 6.16. The molecule has 0 unspecified atom stereocenters. The molecule has 2 aromatic carbocycles. The van der Waals surface area contributed by atoms with Gasteiger partial charge in [0, 0.05) is 42.0 Å². The Hall–Kier alpha value is -2.86. The van der Waals surface area contributed by atoms with Crippen molar-refractivity contribution >= 4 is 34.0 Å². The van der Waals surface area contributed by atoms with Gasteiger partial charge >= 0.3 is 0 Å². The normalized spacial score (nSPS) is 14.7. The van der Waals surface area contributed by atoms with Crippen molar-refractivity contribution in [2.45, 2.75) is 38.6 Å². The summed E-state index contributed by atoms with van der Waals surface area (Å²) in [7, 11) is 0. The highest BCUT2D eigenvalue weighted by Gasteiger charge is 2.22. The van der Waals surface area contributed by atoms with Crippen LogP contribution in [0.15, 0.2) is 47.3 Å². The van der Waals surface area contributed by atoms with Crippen molar-refractivity contribution < 1.29 is 9.18 Å². The summed E-state index contributed by atoms with van der Waals surface area (Å²) in [5.74, 6) is -0.457. The number of benzene rings is 2. The summed E-state index contributed by atoms with van der Waals surface area (Å²) in [6, 6.07) is 12.7. The zero-order valence-electron chi connectivity index (χ0n) is 17.4. The number of fused-ring (bicyclic) bond motifs is 1. The number of carbonyl (C=O) groups excluding carboxylic acids is 1. The van der Waals surface area contributed by atoms with E-state index in [2.05, 4.69) is 10.3 Å². The minimum atomic E-state index is -0.528. The predicted molar refractivity (Wildman–Crippen MR) is 122 cm³/mol. The fourth-order valence-electron chi connectivity index (χ4n) is 4.12. The molecular weight excluding hydrogens is 417 g/mol. The molecule has 2 heterocycles. The SMILES string of the molecule is Cc1ccc(F)c2c(=O)[nH]c(CCC(=O)N3CCC(Nc4ccc(Cl)cc4)CC3)cc12. The number of aromatic nitrogens is 1. The summed E-state index contributed by atoms with van der Waals surface area (Å²) in [4.78, 5) is 29.6. The standard InChI is InChI=1S/C24H25ClFN3O2/c1-15-2-8-21(26)23-20(15)14-19(28-24(23)31)7-9-22(30)29-12-10-18(11-13-29)27-17-5-3-16(25)4-6-17/h2-6,8,14,18,27H,7,9-13H2,1H3,(H,28,31). The van der Waals surface area contributed by atoms with E-state index in [0.29, 0.717) is 48.1 Å². The van der Waals surface area contributed by atoms with Crippen LogP contribution >= 0.6 is 11.6 Å². The van der Waals surface area contributed by atoms with Gasteiger partial charge in [-0.25, -0.2) is 4.39 Å². The maximum absolute atomic E-state index is 14.0. The molecule has 1 amide bonds. The third-order valence-electron chi connectivity index (χ3n) is 5.90. The lowest BCUT2D eigenvalue weighted by Crippen LogP contribution is -2.42. The van der Waals surface area contributed by atoms with Crippen LogP contribution in [0, 0.1) is 12.7 Å². The molecule has 0 bridgehead atoms. The molecule has 162 valence electrons. The summed E-state index contributed by atoms with van der Waals surface area (Å²) >= 11 is 5.93. The zero-order chi connectivity index (χ0) is 22.0. The second kappa shape index (κ2) is 9.10. The number of pyridine rings is 1. The molecule has 4 rings (SSSR count). The van der Waals surface area contributed by atoms with Crippen molar-refractivity contribution in [1.82, 2.24) is 9.88 Å². The van der Waals surface area contributed by atoms with E-state index in [-0.39, 0.29) is 11.3 Å². The van der Waals surface area contributed by atoms with E-state index in [4.69, 9.17) is 11.6 Å². The topological polar surface area (TPSA) is 65.2 Å². The Morgan fingerprint density at radius 2 is 1.90 bits per heavy atom. The fraction of sp³-hybridized carbons (Fsp3) is 0.333. The highest BCUT2D eigenvalue weighted by atomic mass is 35.5. The molecule has 0 atom stereocenters. The number of halogens is 2. The van der Waals surface area contributed by atoms with Crippen LogP contribution in [-0.4, -0.2) is 34.9 Å². The van der Waals surface area contributed by atoms with E-state index >= 15 is 0 Å². The summed E-state index contributed by atoms with van der Waals surface area (Å²) in [5.41, 5.74) is 2.07. The van der Waals surface area contributed by atoms with Gasteiger partial charge in [-0.05, 0) is 73.5 Å². The molecule has 1 aromatic heterocycles. The minimum Gasteiger partial charge on any atom is -0.382 e. The average molecular weight is 442 g/mol. The Morgan fingerprint density at radius 1 is 1.19 bits per heavy atom. The first-order valence-electron chi connectivity index (χ1n) is 10.5. The minimum absolute atomic E-state index is 0.0712. The van der Waals surface area contributed by atoms with Gasteiger partial charge in [0.25, 0.3) is 5.56 Å². The molecule has 3 aromatic rings. The number of anilines is 1. The van der Waals surface area contributed by atoms with Crippen molar-refractivity contribution in [1.29, 1.82) is 0 Å². The van der Waals surface area contributed by atoms with Gasteiger partial charge < -0.3 is 15.2 Å². The van der Waals surface area contributed by atoms with Gasteiger partial charge in [-0.15, -0.1) is 0 Å². The second-order valence-corrected chi connectivity index (χ2v) is 8.52. The summed E-state index contributed by atoms with van der Waals surface area (Å²) in [5, 5.41) is 4.87. The van der Waals surface area contributed by atoms with Crippen molar-refractivity contribution in [2.75, 3.05) is 18.4 Å². The van der Waals surface area contributed by atoms with Gasteiger partial charge in [0.15, 0.2) is 0 Å². The van der Waals surface area contributed by atoms with Gasteiger partial charge in [-0.3, -0.25) is 9.59 Å². The number of hydrogen-bond donors (Lipinski definition) is 2. The smallest absolute Gasteiger partial charge is 0.259 e. The molecule has 7 heteroatoms. The molecule has 1 fully saturated rings. The molecule has 1 aliphatic rings. The van der Waals surface area contributed by atoms with E-state index in [0.717, 1.165) is 24.1 Å². The average Bonchev–Trinajstić information content (AvgIpc) is 2.76. The quantitative estimate of drug-likeness (QED) is 0.605. The molecule has 1 saturated heterocycles. The van der Waals surface area contributed by atoms with Crippen molar-refractivity contribution in [3.8, 4) is 0 Å². The molecule has 2 N–H and O–H groups in total. The van der Waals surface area contributed by atoms with Gasteiger partial charge in [0.1, 0.15) is 5.82 Å². The molecule has 0 spiro atoms. The second-order valence-electron chi connectivity index (χ2n) is 8.08. The molecule has 5 nitrogen and oxygen atoms in total. The van der Waals surface area contributed by atoms with Crippen LogP contribution in [0.3, 0.4) is 0 Å². The van der Waals surface area contributed by atoms with Crippen LogP contribution in [0.4, 0.5) is 10.1 Å². The number of piperidine rings is 1. The highest BCUT2D eigenvalue weighted by Crippen LogP contribution is 2.21. The molecule has 31 heavy (non-hydrogen) atoms. The number of rotatable bonds is 5. The number of likely N-dealkylation sites (tertiary alicyclic amines) is 1. The van der Waals surface area contributed by atoms with E-state index in [1.165, 1.54) is 6.07 Å². The maximum Gasteiger partial charge on any atom is 0.259 e. The van der Waals surface area contributed by atoms with E-state index < -0.39 is 11.4 Å². The lowest BCUT2D eigenvalue weighted by Gasteiger charge is -2.33. The highest BCUT2D eigenvalue weighted by molar-refractivity contribution is 6.30. The van der Waals surface area contributed by atoms with E-state index in [1.54, 1.807) is 12.1 Å². The maximum atomic E-state index is 14.0. The molecule has 0 radical (unpaired) electrons. The molecule has 1 aliphatic heterocycles. The van der Waals surface area contributed by atoms with Gasteiger partial charge in [-0.2, -0.15) is 0 Å². The largest absolute Gasteiger partial charge is 0.382 e. The third kappa shape index (κ3) is 4.90. The fourth-order valence-corrected chi connectivity index (χ4v) is 4.25. The monoisotopic (exact) mass is 441 g/mol. The molecule has 0 aliphatic carbocycles. The predicted octanol–water partition coefficient (Wildman–Crippen LogP) is 4.66. The van der Waals surface area contributed by atoms with Crippen LogP contribution < -0.4 is 10.9 Å². The zero-order valence-corrected chi connectivity index (χ0v) is 18.1. The number of nitrogens with zero attached hydrogens (tertiary/aromatic N) is 1. The van der Waals surface area contributed by atoms with Crippen LogP contribution in [0.1, 0.15) is 30.5 Å². The number of aromatic amines is 1. The molecule has 0 saturated carbocycles. The van der Waals surface area contributed by atoms with Gasteiger partial charge in [0.05, 0.1) is 5.39 Å². The number of carbonyl (C=O) groups is 1. The first-order chi connectivity index (χ1) is 14.9. The molecular formula is C24H25ClFN3O2. The Labute approximate surface area is 185 Å². The number of nitrogens with one attached hydrogen (secondary N) is 2. The van der Waals surface area contributed by atoms with Crippen LogP contribution in [-0.2, 0) is 11.2 Å². The summed E-state index contributed by atoms with van der Waals surface area (Å²) in [6.07, 6.45) is 2.48. The Kier molecular flexibility index (Phi) is 6.28. The van der Waals surface area contributed by atoms with Crippen molar-refractivity contribution in [3.05, 3.63) is 74.9 Å². The van der Waals surface area contributed by atoms with Crippen LogP contribution in [0.5, 0.6) is 0 Å². The number of amides is 1. The van der Waals surface area contributed by atoms with Gasteiger partial charge in [-0.1, -0.05) is 17.7 Å². The summed E-state index contributed by atoms with van der Waals surface area (Å²) in [6.45, 7) is 3.24. The lowest BCUT2D eigenvalue weighted by atomic mass is 10.0. The van der Waals surface area contributed by atoms with Crippen LogP contribution in [0.25, 0.3) is 10.8 Å². The first kappa shape index (κ1) is 21.4. The number of hydrogen-bond acceptors (Lipinski definition) is 3. The lowest BCUT2D eigenvalue weighted by molar-refractivity contribution is -0.132. The van der Waals surface area contributed by atoms with E-state index in [1.807, 2.05) is 36.1 Å². The summed E-state index contributed by atoms with van der Waals surface area (Å²) < 4.78 is 14.0. The Morgan fingerprint density at radius 3 is 2.61 bits per heavy atom. The van der Waals surface area contributed by atoms with E-state index in [9.17, 15) is 14.0 Å². The van der Waals surface area contributed by atoms with Crippen molar-refractivity contribution in [2.24, 2.45) is 0 Å². The van der Waals surface area contributed by atoms with Crippen LogP contribution in [0.2, 0.25) is 5.02 Å². The number of H-pyrrole nitrogens is 1. The first-order valence-corrected chi connectivity index (χ1v) is 10.9. The Bertz CT molecular complexity index is 1150. The van der Waals surface area contributed by atoms with Crippen molar-refractivity contribution in [3.63, 3.8) is 0 Å². The van der Waals surface area contributed by atoms with Gasteiger partial charge in [0.2, 0.25) is 5.91 Å². The number of aryl methyl sites for hydroxylation is 2.